The van der Waals surface area contributed by atoms with Crippen molar-refractivity contribution in [3.63, 3.8) is 0 Å². The fourth-order valence-corrected chi connectivity index (χ4v) is 4.19. The van der Waals surface area contributed by atoms with Crippen LogP contribution in [0, 0.1) is 0 Å². The number of rotatable bonds is 8. The number of likely N-dealkylation sites (N-methyl/N-ethyl adjacent to an activating group) is 1. The van der Waals surface area contributed by atoms with Crippen LogP contribution in [-0.4, -0.2) is 37.1 Å². The van der Waals surface area contributed by atoms with Gasteiger partial charge in [0.1, 0.15) is 6.61 Å². The van der Waals surface area contributed by atoms with Gasteiger partial charge in [-0.05, 0) is 55.8 Å². The second-order valence-electron chi connectivity index (χ2n) is 7.70. The van der Waals surface area contributed by atoms with Crippen LogP contribution in [0.4, 0.5) is 0 Å². The minimum Gasteiger partial charge on any atom is -0.464 e. The molecule has 0 unspecified atom stereocenters. The third-order valence-corrected chi connectivity index (χ3v) is 6.22. The molecule has 2 fully saturated rings. The number of carbonyl (C=O) groups excluding carboxylic acids is 1. The molecule has 0 aliphatic heterocycles. The summed E-state index contributed by atoms with van der Waals surface area (Å²) < 4.78 is 5.62. The Balaban J connectivity index is 1.57. The molecule has 0 heterocycles. The minimum atomic E-state index is -0.353. The highest BCUT2D eigenvalue weighted by molar-refractivity contribution is 5.86. The summed E-state index contributed by atoms with van der Waals surface area (Å²) in [7, 11) is 0. The number of carbonyl (C=O) groups is 1. The molecule has 0 bridgehead atoms. The highest BCUT2D eigenvalue weighted by Crippen LogP contribution is 2.49. The quantitative estimate of drug-likeness (QED) is 0.643. The predicted molar refractivity (Wildman–Crippen MR) is 102 cm³/mol. The lowest BCUT2D eigenvalue weighted by atomic mass is 9.83. The van der Waals surface area contributed by atoms with Gasteiger partial charge in [0.25, 0.3) is 0 Å². The standard InChI is InChI=1S/C22H33NO2/c1-3-23(4-2)16-17-25-21(24)22(14-15-22)20-12-10-19(11-13-20)18-8-6-5-7-9-18/h10-13,18H,3-9,14-17H2,1-2H3. The second kappa shape index (κ2) is 8.35. The Kier molecular flexibility index (Phi) is 6.16. The Bertz CT molecular complexity index is 552. The maximum atomic E-state index is 12.6. The molecule has 3 heteroatoms. The van der Waals surface area contributed by atoms with Crippen molar-refractivity contribution in [3.05, 3.63) is 35.4 Å². The maximum absolute atomic E-state index is 12.6. The van der Waals surface area contributed by atoms with Crippen LogP contribution in [0.25, 0.3) is 0 Å². The van der Waals surface area contributed by atoms with E-state index in [9.17, 15) is 4.79 Å². The van der Waals surface area contributed by atoms with Gasteiger partial charge in [0, 0.05) is 6.54 Å². The molecule has 1 aromatic carbocycles. The molecule has 138 valence electrons. The molecule has 3 nitrogen and oxygen atoms in total. The third-order valence-electron chi connectivity index (χ3n) is 6.22. The average Bonchev–Trinajstić information content (AvgIpc) is 3.48. The van der Waals surface area contributed by atoms with Crippen molar-refractivity contribution in [3.8, 4) is 0 Å². The highest BCUT2D eigenvalue weighted by atomic mass is 16.5. The summed E-state index contributed by atoms with van der Waals surface area (Å²) in [5.74, 6) is 0.698. The van der Waals surface area contributed by atoms with Crippen molar-refractivity contribution in [2.75, 3.05) is 26.2 Å². The molecule has 2 aliphatic carbocycles. The molecule has 25 heavy (non-hydrogen) atoms. The van der Waals surface area contributed by atoms with Crippen LogP contribution in [0.5, 0.6) is 0 Å². The topological polar surface area (TPSA) is 29.5 Å². The number of esters is 1. The van der Waals surface area contributed by atoms with Crippen LogP contribution in [0.15, 0.2) is 24.3 Å². The Hall–Kier alpha value is -1.35. The van der Waals surface area contributed by atoms with E-state index in [0.29, 0.717) is 6.61 Å². The van der Waals surface area contributed by atoms with E-state index >= 15 is 0 Å². The largest absolute Gasteiger partial charge is 0.464 e. The average molecular weight is 344 g/mol. The molecule has 0 saturated heterocycles. The van der Waals surface area contributed by atoms with E-state index in [4.69, 9.17) is 4.74 Å². The molecule has 0 aromatic heterocycles. The lowest BCUT2D eigenvalue weighted by Crippen LogP contribution is -2.30. The molecular formula is C22H33NO2. The first kappa shape index (κ1) is 18.4. The zero-order valence-corrected chi connectivity index (χ0v) is 15.9. The van der Waals surface area contributed by atoms with Crippen molar-refractivity contribution in [2.45, 2.75) is 70.1 Å². The molecule has 2 aliphatic rings. The summed E-state index contributed by atoms with van der Waals surface area (Å²) in [6.45, 7) is 7.62. The Morgan fingerprint density at radius 1 is 1.08 bits per heavy atom. The monoisotopic (exact) mass is 343 g/mol. The fraction of sp³-hybridized carbons (Fsp3) is 0.682. The molecule has 1 aromatic rings. The van der Waals surface area contributed by atoms with Crippen molar-refractivity contribution in [1.82, 2.24) is 4.90 Å². The first-order valence-electron chi connectivity index (χ1n) is 10.2. The van der Waals surface area contributed by atoms with E-state index in [-0.39, 0.29) is 11.4 Å². The summed E-state index contributed by atoms with van der Waals surface area (Å²) >= 11 is 0. The number of nitrogens with zero attached hydrogens (tertiary/aromatic N) is 1. The molecule has 0 amide bonds. The van der Waals surface area contributed by atoms with E-state index in [1.807, 2.05) is 0 Å². The summed E-state index contributed by atoms with van der Waals surface area (Å²) in [6, 6.07) is 8.88. The highest BCUT2D eigenvalue weighted by Gasteiger charge is 2.52. The molecule has 3 rings (SSSR count). The van der Waals surface area contributed by atoms with Crippen LogP contribution >= 0.6 is 0 Å². The van der Waals surface area contributed by atoms with Crippen molar-refractivity contribution in [2.24, 2.45) is 0 Å². The van der Waals surface area contributed by atoms with E-state index in [1.54, 1.807) is 0 Å². The van der Waals surface area contributed by atoms with E-state index in [1.165, 1.54) is 37.7 Å². The van der Waals surface area contributed by atoms with Crippen molar-refractivity contribution >= 4 is 5.97 Å². The number of hydrogen-bond acceptors (Lipinski definition) is 3. The minimum absolute atomic E-state index is 0.0231. The third kappa shape index (κ3) is 4.25. The summed E-state index contributed by atoms with van der Waals surface area (Å²) in [5, 5.41) is 0. The van der Waals surface area contributed by atoms with Gasteiger partial charge in [0.15, 0.2) is 0 Å². The van der Waals surface area contributed by atoms with Crippen LogP contribution in [-0.2, 0) is 14.9 Å². The van der Waals surface area contributed by atoms with E-state index in [2.05, 4.69) is 43.0 Å². The van der Waals surface area contributed by atoms with Gasteiger partial charge in [-0.2, -0.15) is 0 Å². The van der Waals surface area contributed by atoms with Crippen molar-refractivity contribution in [1.29, 1.82) is 0 Å². The lowest BCUT2D eigenvalue weighted by molar-refractivity contribution is -0.147. The van der Waals surface area contributed by atoms with Crippen LogP contribution in [0.3, 0.4) is 0 Å². The molecule has 0 atom stereocenters. The van der Waals surface area contributed by atoms with Gasteiger partial charge in [-0.3, -0.25) is 4.79 Å². The van der Waals surface area contributed by atoms with Gasteiger partial charge in [-0.25, -0.2) is 0 Å². The molecule has 2 saturated carbocycles. The summed E-state index contributed by atoms with van der Waals surface area (Å²) in [4.78, 5) is 14.9. The van der Waals surface area contributed by atoms with Crippen molar-refractivity contribution < 1.29 is 9.53 Å². The van der Waals surface area contributed by atoms with Gasteiger partial charge in [-0.15, -0.1) is 0 Å². The fourth-order valence-electron chi connectivity index (χ4n) is 4.19. The zero-order valence-electron chi connectivity index (χ0n) is 15.9. The number of ether oxygens (including phenoxy) is 1. The van der Waals surface area contributed by atoms with Crippen LogP contribution in [0.2, 0.25) is 0 Å². The number of benzene rings is 1. The van der Waals surface area contributed by atoms with Crippen LogP contribution in [0.1, 0.15) is 75.8 Å². The molecule has 0 radical (unpaired) electrons. The Labute approximate surface area is 152 Å². The van der Waals surface area contributed by atoms with Gasteiger partial charge in [-0.1, -0.05) is 57.4 Å². The van der Waals surface area contributed by atoms with Gasteiger partial charge >= 0.3 is 5.97 Å². The first-order valence-corrected chi connectivity index (χ1v) is 10.2. The molecule has 0 spiro atoms. The van der Waals surface area contributed by atoms with Gasteiger partial charge < -0.3 is 9.64 Å². The smallest absolute Gasteiger partial charge is 0.316 e. The second-order valence-corrected chi connectivity index (χ2v) is 7.70. The van der Waals surface area contributed by atoms with Gasteiger partial charge in [0.05, 0.1) is 5.41 Å². The Morgan fingerprint density at radius 2 is 1.72 bits per heavy atom. The van der Waals surface area contributed by atoms with Gasteiger partial charge in [0.2, 0.25) is 0 Å². The SMILES string of the molecule is CCN(CC)CCOC(=O)C1(c2ccc(C3CCCCC3)cc2)CC1. The molecular weight excluding hydrogens is 310 g/mol. The van der Waals surface area contributed by atoms with Crippen LogP contribution < -0.4 is 0 Å². The van der Waals surface area contributed by atoms with E-state index < -0.39 is 0 Å². The maximum Gasteiger partial charge on any atom is 0.316 e. The summed E-state index contributed by atoms with van der Waals surface area (Å²) in [5.41, 5.74) is 2.25. The zero-order chi connectivity index (χ0) is 17.7. The normalized spacial score (nSPS) is 19.8. The lowest BCUT2D eigenvalue weighted by Gasteiger charge is -2.23. The molecule has 0 N–H and O–H groups in total. The first-order chi connectivity index (χ1) is 12.2. The van der Waals surface area contributed by atoms with E-state index in [0.717, 1.165) is 44.0 Å². The Morgan fingerprint density at radius 3 is 2.28 bits per heavy atom. The summed E-state index contributed by atoms with van der Waals surface area (Å²) in [6.07, 6.45) is 8.59. The number of hydrogen-bond donors (Lipinski definition) is 0. The predicted octanol–water partition coefficient (Wildman–Crippen LogP) is 4.65.